The number of nitrogens with zero attached hydrogens (tertiary/aromatic N) is 1. The van der Waals surface area contributed by atoms with Crippen LogP contribution in [0.1, 0.15) is 36.6 Å². The van der Waals surface area contributed by atoms with Gasteiger partial charge < -0.3 is 10.1 Å². The fourth-order valence-corrected chi connectivity index (χ4v) is 2.71. The van der Waals surface area contributed by atoms with Gasteiger partial charge in [0.2, 0.25) is 0 Å². The largest absolute Gasteiger partial charge is 0.496 e. The van der Waals surface area contributed by atoms with E-state index in [0.717, 1.165) is 23.4 Å². The number of rotatable bonds is 5. The molecule has 3 nitrogen and oxygen atoms in total. The zero-order valence-electron chi connectivity index (χ0n) is 12.1. The first-order valence-electron chi connectivity index (χ1n) is 6.68. The van der Waals surface area contributed by atoms with Gasteiger partial charge in [0.15, 0.2) is 0 Å². The van der Waals surface area contributed by atoms with Gasteiger partial charge in [-0.1, -0.05) is 6.92 Å². The second-order valence-electron chi connectivity index (χ2n) is 5.75. The number of nitrogens with one attached hydrogen (secondary N) is 1. The minimum absolute atomic E-state index is 0.459. The quantitative estimate of drug-likeness (QED) is 0.870. The summed E-state index contributed by atoms with van der Waals surface area (Å²) in [5.41, 5.74) is 3.91. The van der Waals surface area contributed by atoms with Crippen molar-refractivity contribution < 1.29 is 4.74 Å². The lowest BCUT2D eigenvalue weighted by molar-refractivity contribution is 0.370. The Kier molecular flexibility index (Phi) is 3.62. The first kappa shape index (κ1) is 13.3. The van der Waals surface area contributed by atoms with Crippen LogP contribution in [-0.4, -0.2) is 25.2 Å². The summed E-state index contributed by atoms with van der Waals surface area (Å²) in [7, 11) is 3.78. The number of aromatic nitrogens is 1. The van der Waals surface area contributed by atoms with E-state index in [4.69, 9.17) is 4.74 Å². The molecule has 0 aromatic carbocycles. The lowest BCUT2D eigenvalue weighted by atomic mass is 9.93. The van der Waals surface area contributed by atoms with Gasteiger partial charge in [0.05, 0.1) is 7.11 Å². The molecule has 0 spiro atoms. The molecule has 1 unspecified atom stereocenters. The van der Waals surface area contributed by atoms with Gasteiger partial charge in [0, 0.05) is 35.5 Å². The summed E-state index contributed by atoms with van der Waals surface area (Å²) in [6.45, 7) is 6.51. The molecule has 3 heteroatoms. The van der Waals surface area contributed by atoms with Crippen molar-refractivity contribution in [1.82, 2.24) is 10.3 Å². The van der Waals surface area contributed by atoms with Gasteiger partial charge in [-0.3, -0.25) is 4.98 Å². The van der Waals surface area contributed by atoms with E-state index in [1.54, 1.807) is 7.11 Å². The molecule has 1 saturated carbocycles. The summed E-state index contributed by atoms with van der Waals surface area (Å²) < 4.78 is 5.47. The van der Waals surface area contributed by atoms with Crippen LogP contribution in [0.5, 0.6) is 5.75 Å². The highest BCUT2D eigenvalue weighted by Crippen LogP contribution is 2.49. The minimum Gasteiger partial charge on any atom is -0.496 e. The van der Waals surface area contributed by atoms with Gasteiger partial charge in [-0.15, -0.1) is 0 Å². The topological polar surface area (TPSA) is 34.2 Å². The highest BCUT2D eigenvalue weighted by atomic mass is 16.5. The minimum atomic E-state index is 0.459. The van der Waals surface area contributed by atoms with E-state index in [1.807, 2.05) is 13.1 Å². The molecular formula is C15H24N2O. The van der Waals surface area contributed by atoms with Gasteiger partial charge >= 0.3 is 0 Å². The van der Waals surface area contributed by atoms with Crippen molar-refractivity contribution in [3.8, 4) is 5.75 Å². The van der Waals surface area contributed by atoms with Crippen LogP contribution in [0.2, 0.25) is 0 Å². The highest BCUT2D eigenvalue weighted by Gasteiger charge is 2.44. The predicted octanol–water partition coefficient (Wildman–Crippen LogP) is 2.64. The van der Waals surface area contributed by atoms with Crippen LogP contribution in [-0.2, 0) is 6.42 Å². The average Bonchev–Trinajstić information content (AvgIpc) is 3.08. The predicted molar refractivity (Wildman–Crippen MR) is 74.2 cm³/mol. The summed E-state index contributed by atoms with van der Waals surface area (Å²) in [6.07, 6.45) is 5.54. The van der Waals surface area contributed by atoms with Crippen LogP contribution in [0.3, 0.4) is 0 Å². The number of ether oxygens (including phenoxy) is 1. The van der Waals surface area contributed by atoms with E-state index in [2.05, 4.69) is 31.2 Å². The number of methoxy groups -OCH3 is 1. The highest BCUT2D eigenvalue weighted by molar-refractivity contribution is 5.41. The van der Waals surface area contributed by atoms with Gasteiger partial charge in [-0.05, 0) is 39.2 Å². The van der Waals surface area contributed by atoms with E-state index in [-0.39, 0.29) is 0 Å². The monoisotopic (exact) mass is 248 g/mol. The molecule has 18 heavy (non-hydrogen) atoms. The van der Waals surface area contributed by atoms with E-state index < -0.39 is 0 Å². The maximum absolute atomic E-state index is 5.47. The summed E-state index contributed by atoms with van der Waals surface area (Å²) in [5, 5.41) is 3.45. The van der Waals surface area contributed by atoms with Crippen molar-refractivity contribution in [2.75, 3.05) is 14.2 Å². The van der Waals surface area contributed by atoms with Crippen molar-refractivity contribution in [2.24, 2.45) is 5.41 Å². The Morgan fingerprint density at radius 2 is 2.11 bits per heavy atom. The zero-order valence-corrected chi connectivity index (χ0v) is 12.1. The van der Waals surface area contributed by atoms with Crippen molar-refractivity contribution in [2.45, 2.75) is 46.1 Å². The van der Waals surface area contributed by atoms with Crippen LogP contribution < -0.4 is 10.1 Å². The van der Waals surface area contributed by atoms with E-state index in [0.29, 0.717) is 11.5 Å². The van der Waals surface area contributed by atoms with Crippen molar-refractivity contribution >= 4 is 0 Å². The zero-order chi connectivity index (χ0) is 13.3. The molecule has 1 aliphatic rings. The van der Waals surface area contributed by atoms with E-state index >= 15 is 0 Å². The maximum Gasteiger partial charge on any atom is 0.128 e. The summed E-state index contributed by atoms with van der Waals surface area (Å²) in [6, 6.07) is 0.510. The third-order valence-corrected chi connectivity index (χ3v) is 4.38. The average molecular weight is 248 g/mol. The molecule has 0 radical (unpaired) electrons. The second-order valence-corrected chi connectivity index (χ2v) is 5.75. The van der Waals surface area contributed by atoms with Crippen LogP contribution in [0.4, 0.5) is 0 Å². The number of likely N-dealkylation sites (N-methyl/N-ethyl adjacent to an activating group) is 1. The van der Waals surface area contributed by atoms with Gasteiger partial charge in [-0.2, -0.15) is 0 Å². The lowest BCUT2D eigenvalue weighted by Gasteiger charge is -2.24. The first-order chi connectivity index (χ1) is 8.51. The van der Waals surface area contributed by atoms with Crippen molar-refractivity contribution in [3.63, 3.8) is 0 Å². The van der Waals surface area contributed by atoms with Crippen LogP contribution in [0.25, 0.3) is 0 Å². The molecule has 0 bridgehead atoms. The fourth-order valence-electron chi connectivity index (χ4n) is 2.71. The lowest BCUT2D eigenvalue weighted by Crippen LogP contribution is -2.36. The van der Waals surface area contributed by atoms with E-state index in [9.17, 15) is 0 Å². The third kappa shape index (κ3) is 2.37. The van der Waals surface area contributed by atoms with E-state index in [1.165, 1.54) is 18.4 Å². The molecular weight excluding hydrogens is 224 g/mol. The molecule has 1 atom stereocenters. The van der Waals surface area contributed by atoms with Crippen LogP contribution in [0.15, 0.2) is 6.20 Å². The molecule has 1 aromatic rings. The molecule has 0 amide bonds. The van der Waals surface area contributed by atoms with Gasteiger partial charge in [-0.25, -0.2) is 0 Å². The van der Waals surface area contributed by atoms with Crippen LogP contribution >= 0.6 is 0 Å². The standard InChI is InChI=1S/C15H24N2O/c1-10-9-17-12(11(2)14(10)18-5)8-13(16-4)15(3)6-7-15/h9,13,16H,6-8H2,1-5H3. The second kappa shape index (κ2) is 4.88. The molecule has 1 N–H and O–H groups in total. The number of aryl methyl sites for hydroxylation is 1. The Bertz CT molecular complexity index is 438. The Balaban J connectivity index is 2.23. The SMILES string of the molecule is CNC(Cc1ncc(C)c(OC)c1C)C1(C)CC1. The molecule has 1 heterocycles. The molecule has 1 aliphatic carbocycles. The fraction of sp³-hybridized carbons (Fsp3) is 0.667. The van der Waals surface area contributed by atoms with Crippen molar-refractivity contribution in [3.05, 3.63) is 23.0 Å². The van der Waals surface area contributed by atoms with Crippen LogP contribution in [0, 0.1) is 19.3 Å². The van der Waals surface area contributed by atoms with Crippen molar-refractivity contribution in [1.29, 1.82) is 0 Å². The molecule has 0 saturated heterocycles. The number of pyridine rings is 1. The number of hydrogen-bond donors (Lipinski definition) is 1. The summed E-state index contributed by atoms with van der Waals surface area (Å²) in [4.78, 5) is 4.60. The molecule has 0 aliphatic heterocycles. The molecule has 100 valence electrons. The molecule has 2 rings (SSSR count). The summed E-state index contributed by atoms with van der Waals surface area (Å²) in [5.74, 6) is 0.982. The third-order valence-electron chi connectivity index (χ3n) is 4.38. The molecule has 1 fully saturated rings. The smallest absolute Gasteiger partial charge is 0.128 e. The summed E-state index contributed by atoms with van der Waals surface area (Å²) >= 11 is 0. The van der Waals surface area contributed by atoms with Gasteiger partial charge in [0.25, 0.3) is 0 Å². The van der Waals surface area contributed by atoms with Gasteiger partial charge in [0.1, 0.15) is 5.75 Å². The number of hydrogen-bond acceptors (Lipinski definition) is 3. The Morgan fingerprint density at radius 1 is 1.44 bits per heavy atom. The molecule has 1 aromatic heterocycles. The maximum atomic E-state index is 5.47. The Labute approximate surface area is 110 Å². The first-order valence-corrected chi connectivity index (χ1v) is 6.68. The normalized spacial score (nSPS) is 18.5. The Morgan fingerprint density at radius 3 is 2.61 bits per heavy atom. The Hall–Kier alpha value is -1.09.